The van der Waals surface area contributed by atoms with Gasteiger partial charge in [-0.1, -0.05) is 42.5 Å². The third-order valence-electron chi connectivity index (χ3n) is 2.72. The van der Waals surface area contributed by atoms with Crippen molar-refractivity contribution in [3.05, 3.63) is 60.2 Å². The average molecular weight is 269 g/mol. The van der Waals surface area contributed by atoms with Crippen LogP contribution >= 0.6 is 0 Å². The summed E-state index contributed by atoms with van der Waals surface area (Å²) in [6, 6.07) is 15.4. The first-order valence-electron chi connectivity index (χ1n) is 6.14. The summed E-state index contributed by atoms with van der Waals surface area (Å²) < 4.78 is 0. The van der Waals surface area contributed by atoms with Crippen LogP contribution in [0.5, 0.6) is 0 Å². The van der Waals surface area contributed by atoms with Crippen molar-refractivity contribution in [1.29, 1.82) is 0 Å². The van der Waals surface area contributed by atoms with Crippen LogP contribution in [0.3, 0.4) is 0 Å². The molecule has 102 valence electrons. The van der Waals surface area contributed by atoms with E-state index in [4.69, 9.17) is 5.73 Å². The highest BCUT2D eigenvalue weighted by Gasteiger charge is 2.07. The molecule has 0 heterocycles. The van der Waals surface area contributed by atoms with Gasteiger partial charge in [0, 0.05) is 5.56 Å². The number of para-hydroxylation sites is 2. The Morgan fingerprint density at radius 1 is 0.900 bits per heavy atom. The number of amides is 2. The van der Waals surface area contributed by atoms with Crippen molar-refractivity contribution in [2.75, 3.05) is 17.2 Å². The van der Waals surface area contributed by atoms with Crippen LogP contribution in [-0.2, 0) is 0 Å². The summed E-state index contributed by atoms with van der Waals surface area (Å²) in [5.74, 6) is -0.0283. The fourth-order valence-electron chi connectivity index (χ4n) is 1.78. The zero-order valence-electron chi connectivity index (χ0n) is 10.8. The molecule has 0 aliphatic heterocycles. The minimum absolute atomic E-state index is 0.0283. The van der Waals surface area contributed by atoms with Crippen molar-refractivity contribution < 1.29 is 9.59 Å². The van der Waals surface area contributed by atoms with Gasteiger partial charge in [-0.05, 0) is 12.1 Å². The molecule has 0 aliphatic carbocycles. The lowest BCUT2D eigenvalue weighted by Gasteiger charge is -2.11. The minimum atomic E-state index is -0.645. The van der Waals surface area contributed by atoms with Crippen LogP contribution in [-0.4, -0.2) is 18.4 Å². The molecule has 0 aliphatic rings. The lowest BCUT2D eigenvalue weighted by atomic mass is 10.1. The highest BCUT2D eigenvalue weighted by atomic mass is 16.2. The van der Waals surface area contributed by atoms with Gasteiger partial charge in [-0.15, -0.1) is 0 Å². The lowest BCUT2D eigenvalue weighted by molar-refractivity contribution is 0.101. The van der Waals surface area contributed by atoms with Gasteiger partial charge in [0.05, 0.1) is 17.9 Å². The molecular weight excluding hydrogens is 254 g/mol. The minimum Gasteiger partial charge on any atom is -0.376 e. The largest absolute Gasteiger partial charge is 0.376 e. The highest BCUT2D eigenvalue weighted by molar-refractivity contribution is 5.99. The van der Waals surface area contributed by atoms with E-state index < -0.39 is 6.03 Å². The Hall–Kier alpha value is -2.82. The first-order valence-corrected chi connectivity index (χ1v) is 6.14. The number of hydrogen-bond donors (Lipinski definition) is 3. The second-order valence-corrected chi connectivity index (χ2v) is 4.18. The summed E-state index contributed by atoms with van der Waals surface area (Å²) in [6.45, 7) is 0.140. The molecule has 0 atom stereocenters. The van der Waals surface area contributed by atoms with E-state index in [1.54, 1.807) is 30.3 Å². The Bertz CT molecular complexity index is 612. The number of Topliss-reactive ketones (excluding diaryl/α,β-unsaturated/α-hetero) is 1. The number of benzene rings is 2. The highest BCUT2D eigenvalue weighted by Crippen LogP contribution is 2.20. The van der Waals surface area contributed by atoms with Gasteiger partial charge in [0.1, 0.15) is 0 Å². The number of anilines is 2. The van der Waals surface area contributed by atoms with E-state index >= 15 is 0 Å². The monoisotopic (exact) mass is 269 g/mol. The SMILES string of the molecule is NC(=O)Nc1ccccc1NCC(=O)c1ccccc1. The maximum Gasteiger partial charge on any atom is 0.316 e. The van der Waals surface area contributed by atoms with Crippen LogP contribution < -0.4 is 16.4 Å². The maximum absolute atomic E-state index is 12.0. The van der Waals surface area contributed by atoms with Crippen molar-refractivity contribution in [3.8, 4) is 0 Å². The molecule has 2 aromatic carbocycles. The molecular formula is C15H15N3O2. The number of carbonyl (C=O) groups is 2. The van der Waals surface area contributed by atoms with Gasteiger partial charge >= 0.3 is 6.03 Å². The predicted octanol–water partition coefficient (Wildman–Crippen LogP) is 2.47. The van der Waals surface area contributed by atoms with Gasteiger partial charge in [-0.3, -0.25) is 4.79 Å². The van der Waals surface area contributed by atoms with Gasteiger partial charge in [-0.25, -0.2) is 4.79 Å². The summed E-state index contributed by atoms with van der Waals surface area (Å²) in [5, 5.41) is 5.50. The molecule has 0 radical (unpaired) electrons. The van der Waals surface area contributed by atoms with Gasteiger partial charge in [0.2, 0.25) is 0 Å². The Morgan fingerprint density at radius 3 is 2.15 bits per heavy atom. The van der Waals surface area contributed by atoms with Crippen LogP contribution in [0, 0.1) is 0 Å². The van der Waals surface area contributed by atoms with Gasteiger partial charge in [-0.2, -0.15) is 0 Å². The van der Waals surface area contributed by atoms with Crippen LogP contribution in [0.25, 0.3) is 0 Å². The molecule has 2 rings (SSSR count). The Labute approximate surface area is 116 Å². The normalized spacial score (nSPS) is 9.80. The zero-order chi connectivity index (χ0) is 14.4. The number of rotatable bonds is 5. The Balaban J connectivity index is 2.04. The fraction of sp³-hybridized carbons (Fsp3) is 0.0667. The third kappa shape index (κ3) is 3.58. The standard InChI is InChI=1S/C15H15N3O2/c16-15(20)18-13-9-5-4-8-12(13)17-10-14(19)11-6-2-1-3-7-11/h1-9,17H,10H2,(H3,16,18,20). The number of urea groups is 1. The number of primary amides is 1. The number of nitrogens with one attached hydrogen (secondary N) is 2. The van der Waals surface area contributed by atoms with Crippen molar-refractivity contribution in [3.63, 3.8) is 0 Å². The first-order chi connectivity index (χ1) is 9.66. The third-order valence-corrected chi connectivity index (χ3v) is 2.72. The summed E-state index contributed by atoms with van der Waals surface area (Å²) in [6.07, 6.45) is 0. The summed E-state index contributed by atoms with van der Waals surface area (Å²) in [4.78, 5) is 22.9. The van der Waals surface area contributed by atoms with E-state index in [2.05, 4.69) is 10.6 Å². The molecule has 0 fully saturated rings. The molecule has 5 nitrogen and oxygen atoms in total. The summed E-state index contributed by atoms with van der Waals surface area (Å²) >= 11 is 0. The first kappa shape index (κ1) is 13.6. The van der Waals surface area contributed by atoms with E-state index in [0.717, 1.165) is 0 Å². The molecule has 4 N–H and O–H groups in total. The van der Waals surface area contributed by atoms with Crippen LogP contribution in [0.2, 0.25) is 0 Å². The van der Waals surface area contributed by atoms with E-state index in [0.29, 0.717) is 16.9 Å². The number of carbonyl (C=O) groups excluding carboxylic acids is 2. The smallest absolute Gasteiger partial charge is 0.316 e. The number of hydrogen-bond acceptors (Lipinski definition) is 3. The molecule has 0 saturated heterocycles. The topological polar surface area (TPSA) is 84.2 Å². The molecule has 0 spiro atoms. The second-order valence-electron chi connectivity index (χ2n) is 4.18. The molecule has 0 bridgehead atoms. The van der Waals surface area contributed by atoms with Crippen LogP contribution in [0.15, 0.2) is 54.6 Å². The van der Waals surface area contributed by atoms with Crippen molar-refractivity contribution in [2.24, 2.45) is 5.73 Å². The van der Waals surface area contributed by atoms with Crippen molar-refractivity contribution in [2.45, 2.75) is 0 Å². The molecule has 0 saturated carbocycles. The molecule has 0 aromatic heterocycles. The Morgan fingerprint density at radius 2 is 1.50 bits per heavy atom. The average Bonchev–Trinajstić information content (AvgIpc) is 2.46. The maximum atomic E-state index is 12.0. The van der Waals surface area contributed by atoms with Crippen molar-refractivity contribution >= 4 is 23.2 Å². The lowest BCUT2D eigenvalue weighted by Crippen LogP contribution is -2.21. The van der Waals surface area contributed by atoms with E-state index in [-0.39, 0.29) is 12.3 Å². The zero-order valence-corrected chi connectivity index (χ0v) is 10.8. The fourth-order valence-corrected chi connectivity index (χ4v) is 1.78. The van der Waals surface area contributed by atoms with E-state index in [9.17, 15) is 9.59 Å². The Kier molecular flexibility index (Phi) is 4.34. The second kappa shape index (κ2) is 6.38. The predicted molar refractivity (Wildman–Crippen MR) is 78.9 cm³/mol. The van der Waals surface area contributed by atoms with Gasteiger partial charge in [0.25, 0.3) is 0 Å². The molecule has 2 aromatic rings. The summed E-state index contributed by atoms with van der Waals surface area (Å²) in [7, 11) is 0. The molecule has 0 unspecified atom stereocenters. The van der Waals surface area contributed by atoms with Gasteiger partial charge < -0.3 is 16.4 Å². The molecule has 2 amide bonds. The molecule has 20 heavy (non-hydrogen) atoms. The van der Waals surface area contributed by atoms with E-state index in [1.165, 1.54) is 0 Å². The molecule has 5 heteroatoms. The number of ketones is 1. The summed E-state index contributed by atoms with van der Waals surface area (Å²) in [5.41, 5.74) is 6.93. The number of nitrogens with two attached hydrogens (primary N) is 1. The van der Waals surface area contributed by atoms with Crippen LogP contribution in [0.4, 0.5) is 16.2 Å². The van der Waals surface area contributed by atoms with Crippen LogP contribution in [0.1, 0.15) is 10.4 Å². The van der Waals surface area contributed by atoms with E-state index in [1.807, 2.05) is 24.3 Å². The van der Waals surface area contributed by atoms with Crippen molar-refractivity contribution in [1.82, 2.24) is 0 Å². The van der Waals surface area contributed by atoms with Gasteiger partial charge in [0.15, 0.2) is 5.78 Å². The quantitative estimate of drug-likeness (QED) is 0.729.